The van der Waals surface area contributed by atoms with Crippen LogP contribution in [-0.2, 0) is 4.74 Å². The van der Waals surface area contributed by atoms with Gasteiger partial charge in [-0.1, -0.05) is 38.5 Å². The van der Waals surface area contributed by atoms with E-state index in [-0.39, 0.29) is 0 Å². The first-order valence-electron chi connectivity index (χ1n) is 6.54. The van der Waals surface area contributed by atoms with Crippen LogP contribution < -0.4 is 0 Å². The van der Waals surface area contributed by atoms with Crippen LogP contribution in [0.1, 0.15) is 57.8 Å². The van der Waals surface area contributed by atoms with Crippen molar-refractivity contribution < 1.29 is 4.74 Å². The molecule has 14 heavy (non-hydrogen) atoms. The van der Waals surface area contributed by atoms with E-state index in [0.29, 0.717) is 0 Å². The van der Waals surface area contributed by atoms with E-state index in [1.165, 1.54) is 57.8 Å². The molecule has 0 aromatic heterocycles. The van der Waals surface area contributed by atoms with Gasteiger partial charge in [-0.15, -0.1) is 0 Å². The minimum atomic E-state index is 0.996. The molecule has 82 valence electrons. The highest BCUT2D eigenvalue weighted by molar-refractivity contribution is 4.74. The van der Waals surface area contributed by atoms with E-state index in [9.17, 15) is 0 Å². The zero-order chi connectivity index (χ0) is 9.64. The predicted octanol–water partition coefficient (Wildman–Crippen LogP) is 3.77. The maximum absolute atomic E-state index is 5.55. The van der Waals surface area contributed by atoms with Gasteiger partial charge in [0.25, 0.3) is 0 Å². The zero-order valence-corrected chi connectivity index (χ0v) is 9.34. The molecule has 2 aliphatic rings. The van der Waals surface area contributed by atoms with Crippen LogP contribution in [0.4, 0.5) is 0 Å². The molecular formula is C13H24O. The molecule has 0 N–H and O–H groups in total. The SMILES string of the molecule is C1CCCC(C2CCCOCC2)CC1. The van der Waals surface area contributed by atoms with Crippen molar-refractivity contribution in [1.29, 1.82) is 0 Å². The summed E-state index contributed by atoms with van der Waals surface area (Å²) >= 11 is 0. The van der Waals surface area contributed by atoms with Crippen LogP contribution in [-0.4, -0.2) is 13.2 Å². The summed E-state index contributed by atoms with van der Waals surface area (Å²) in [6, 6.07) is 0. The minimum Gasteiger partial charge on any atom is -0.381 e. The van der Waals surface area contributed by atoms with Gasteiger partial charge in [0.05, 0.1) is 0 Å². The molecule has 0 aromatic carbocycles. The fraction of sp³-hybridized carbons (Fsp3) is 1.00. The number of ether oxygens (including phenoxy) is 1. The Morgan fingerprint density at radius 1 is 0.571 bits per heavy atom. The Labute approximate surface area is 88.2 Å². The van der Waals surface area contributed by atoms with E-state index in [1.807, 2.05) is 0 Å². The van der Waals surface area contributed by atoms with Gasteiger partial charge in [0, 0.05) is 13.2 Å². The maximum atomic E-state index is 5.55. The molecule has 0 aromatic rings. The predicted molar refractivity (Wildman–Crippen MR) is 59.4 cm³/mol. The average Bonchev–Trinajstić information content (AvgIpc) is 2.62. The van der Waals surface area contributed by atoms with Crippen molar-refractivity contribution in [2.75, 3.05) is 13.2 Å². The Kier molecular flexibility index (Phi) is 4.30. The van der Waals surface area contributed by atoms with E-state index in [4.69, 9.17) is 4.74 Å². The topological polar surface area (TPSA) is 9.23 Å². The molecule has 1 aliphatic heterocycles. The molecule has 2 fully saturated rings. The number of hydrogen-bond acceptors (Lipinski definition) is 1. The summed E-state index contributed by atoms with van der Waals surface area (Å²) in [5.74, 6) is 2.04. The van der Waals surface area contributed by atoms with Gasteiger partial charge in [-0.2, -0.15) is 0 Å². The summed E-state index contributed by atoms with van der Waals surface area (Å²) in [6.07, 6.45) is 13.0. The molecule has 0 radical (unpaired) electrons. The van der Waals surface area contributed by atoms with Crippen LogP contribution in [0.2, 0.25) is 0 Å². The van der Waals surface area contributed by atoms with Gasteiger partial charge < -0.3 is 4.74 Å². The minimum absolute atomic E-state index is 0.996. The number of rotatable bonds is 1. The van der Waals surface area contributed by atoms with Crippen molar-refractivity contribution in [3.05, 3.63) is 0 Å². The summed E-state index contributed by atoms with van der Waals surface area (Å²) in [5.41, 5.74) is 0. The summed E-state index contributed by atoms with van der Waals surface area (Å²) in [5, 5.41) is 0. The standard InChI is InChI=1S/C13H24O/c1-2-4-7-12(6-3-1)13-8-5-10-14-11-9-13/h12-13H,1-11H2. The molecule has 1 heteroatoms. The molecule has 1 saturated carbocycles. The first kappa shape index (κ1) is 10.5. The van der Waals surface area contributed by atoms with Crippen LogP contribution in [0, 0.1) is 11.8 Å². The summed E-state index contributed by atoms with van der Waals surface area (Å²) in [7, 11) is 0. The van der Waals surface area contributed by atoms with E-state index in [0.717, 1.165) is 25.0 Å². The van der Waals surface area contributed by atoms with Gasteiger partial charge in [-0.3, -0.25) is 0 Å². The molecular weight excluding hydrogens is 172 g/mol. The third-order valence-corrected chi connectivity index (χ3v) is 4.06. The lowest BCUT2D eigenvalue weighted by atomic mass is 9.82. The zero-order valence-electron chi connectivity index (χ0n) is 9.34. The van der Waals surface area contributed by atoms with Crippen LogP contribution >= 0.6 is 0 Å². The Morgan fingerprint density at radius 2 is 1.21 bits per heavy atom. The maximum Gasteiger partial charge on any atom is 0.0468 e. The molecule has 1 nitrogen and oxygen atoms in total. The Morgan fingerprint density at radius 3 is 2.00 bits per heavy atom. The Bertz CT molecular complexity index is 121. The average molecular weight is 196 g/mol. The van der Waals surface area contributed by atoms with Crippen molar-refractivity contribution in [3.8, 4) is 0 Å². The smallest absolute Gasteiger partial charge is 0.0468 e. The van der Waals surface area contributed by atoms with Crippen LogP contribution in [0.15, 0.2) is 0 Å². The fourth-order valence-corrected chi connectivity index (χ4v) is 3.18. The molecule has 1 unspecified atom stereocenters. The number of hydrogen-bond donors (Lipinski definition) is 0. The molecule has 1 saturated heterocycles. The molecule has 0 bridgehead atoms. The van der Waals surface area contributed by atoms with Crippen LogP contribution in [0.25, 0.3) is 0 Å². The Balaban J connectivity index is 1.83. The lowest BCUT2D eigenvalue weighted by molar-refractivity contribution is 0.137. The monoisotopic (exact) mass is 196 g/mol. The second kappa shape index (κ2) is 5.75. The van der Waals surface area contributed by atoms with Gasteiger partial charge in [-0.25, -0.2) is 0 Å². The summed E-state index contributed by atoms with van der Waals surface area (Å²) < 4.78 is 5.55. The molecule has 0 spiro atoms. The van der Waals surface area contributed by atoms with Gasteiger partial charge >= 0.3 is 0 Å². The van der Waals surface area contributed by atoms with Crippen molar-refractivity contribution in [3.63, 3.8) is 0 Å². The van der Waals surface area contributed by atoms with Crippen molar-refractivity contribution in [2.45, 2.75) is 57.8 Å². The normalized spacial score (nSPS) is 32.1. The third kappa shape index (κ3) is 2.98. The molecule has 1 atom stereocenters. The first-order valence-corrected chi connectivity index (χ1v) is 6.54. The summed E-state index contributed by atoms with van der Waals surface area (Å²) in [4.78, 5) is 0. The van der Waals surface area contributed by atoms with Crippen LogP contribution in [0.5, 0.6) is 0 Å². The van der Waals surface area contributed by atoms with E-state index >= 15 is 0 Å². The Hall–Kier alpha value is -0.0400. The third-order valence-electron chi connectivity index (χ3n) is 4.06. The highest BCUT2D eigenvalue weighted by atomic mass is 16.5. The molecule has 1 heterocycles. The van der Waals surface area contributed by atoms with Gasteiger partial charge in [0.15, 0.2) is 0 Å². The molecule has 2 rings (SSSR count). The van der Waals surface area contributed by atoms with Gasteiger partial charge in [0.1, 0.15) is 0 Å². The quantitative estimate of drug-likeness (QED) is 0.580. The lowest BCUT2D eigenvalue weighted by Crippen LogP contribution is -2.14. The van der Waals surface area contributed by atoms with Crippen molar-refractivity contribution >= 4 is 0 Å². The van der Waals surface area contributed by atoms with Crippen molar-refractivity contribution in [1.82, 2.24) is 0 Å². The molecule has 1 aliphatic carbocycles. The van der Waals surface area contributed by atoms with E-state index in [2.05, 4.69) is 0 Å². The van der Waals surface area contributed by atoms with Gasteiger partial charge in [0.2, 0.25) is 0 Å². The van der Waals surface area contributed by atoms with E-state index in [1.54, 1.807) is 0 Å². The second-order valence-corrected chi connectivity index (χ2v) is 5.05. The summed E-state index contributed by atoms with van der Waals surface area (Å²) in [6.45, 7) is 2.05. The van der Waals surface area contributed by atoms with Crippen LogP contribution in [0.3, 0.4) is 0 Å². The highest BCUT2D eigenvalue weighted by Crippen LogP contribution is 2.34. The first-order chi connectivity index (χ1) is 6.97. The van der Waals surface area contributed by atoms with E-state index < -0.39 is 0 Å². The van der Waals surface area contributed by atoms with Crippen molar-refractivity contribution in [2.24, 2.45) is 11.8 Å². The molecule has 0 amide bonds. The lowest BCUT2D eigenvalue weighted by Gasteiger charge is -2.24. The van der Waals surface area contributed by atoms with Gasteiger partial charge in [-0.05, 0) is 31.1 Å². The highest BCUT2D eigenvalue weighted by Gasteiger charge is 2.23. The fourth-order valence-electron chi connectivity index (χ4n) is 3.18. The second-order valence-electron chi connectivity index (χ2n) is 5.05. The largest absolute Gasteiger partial charge is 0.381 e.